The van der Waals surface area contributed by atoms with Crippen molar-refractivity contribution in [2.24, 2.45) is 11.8 Å². The van der Waals surface area contributed by atoms with Crippen molar-refractivity contribution in [1.29, 1.82) is 0 Å². The number of ether oxygens (including phenoxy) is 1. The number of nitrogens with two attached hydrogens (primary N) is 1. The molecule has 1 saturated carbocycles. The quantitative estimate of drug-likeness (QED) is 0.488. The molecule has 2 atom stereocenters. The Morgan fingerprint density at radius 3 is 3.17 bits per heavy atom. The molecule has 5 nitrogen and oxygen atoms in total. The van der Waals surface area contributed by atoms with Crippen LogP contribution < -0.4 is 11.3 Å². The lowest BCUT2D eigenvalue weighted by molar-refractivity contribution is 0.00410. The van der Waals surface area contributed by atoms with E-state index in [0.717, 1.165) is 24.3 Å². The van der Waals surface area contributed by atoms with Crippen LogP contribution in [-0.2, 0) is 11.3 Å². The van der Waals surface area contributed by atoms with E-state index in [2.05, 4.69) is 12.3 Å². The van der Waals surface area contributed by atoms with Crippen molar-refractivity contribution in [3.8, 4) is 0 Å². The van der Waals surface area contributed by atoms with E-state index in [-0.39, 0.29) is 11.9 Å². The van der Waals surface area contributed by atoms with Gasteiger partial charge in [-0.25, -0.2) is 5.84 Å². The Hall–Kier alpha value is -1.33. The van der Waals surface area contributed by atoms with Crippen LogP contribution in [0.4, 0.5) is 0 Å². The summed E-state index contributed by atoms with van der Waals surface area (Å²) < 4.78 is 11.0. The number of hydrazine groups is 1. The Morgan fingerprint density at radius 1 is 1.61 bits per heavy atom. The van der Waals surface area contributed by atoms with Gasteiger partial charge in [-0.1, -0.05) is 19.8 Å². The second kappa shape index (κ2) is 6.02. The van der Waals surface area contributed by atoms with Crippen LogP contribution in [0.1, 0.15) is 48.7 Å². The van der Waals surface area contributed by atoms with Gasteiger partial charge < -0.3 is 9.15 Å². The molecule has 1 aromatic rings. The summed E-state index contributed by atoms with van der Waals surface area (Å²) in [5.74, 6) is 5.63. The van der Waals surface area contributed by atoms with Crippen molar-refractivity contribution in [3.05, 3.63) is 23.7 Å². The Labute approximate surface area is 107 Å². The van der Waals surface area contributed by atoms with Crippen molar-refractivity contribution in [2.45, 2.75) is 45.3 Å². The van der Waals surface area contributed by atoms with Gasteiger partial charge in [-0.3, -0.25) is 10.2 Å². The second-order valence-electron chi connectivity index (χ2n) is 4.95. The molecular weight excluding hydrogens is 232 g/mol. The van der Waals surface area contributed by atoms with Crippen LogP contribution in [0.5, 0.6) is 0 Å². The molecule has 1 aromatic heterocycles. The molecule has 3 N–H and O–H groups in total. The van der Waals surface area contributed by atoms with E-state index in [1.54, 1.807) is 6.07 Å². The Balaban J connectivity index is 1.90. The highest BCUT2D eigenvalue weighted by Gasteiger charge is 2.21. The summed E-state index contributed by atoms with van der Waals surface area (Å²) in [6, 6.07) is 1.75. The number of hydrogen-bond donors (Lipinski definition) is 2. The maximum absolute atomic E-state index is 11.4. The lowest BCUT2D eigenvalue weighted by atomic mass is 9.89. The van der Waals surface area contributed by atoms with Gasteiger partial charge in [-0.2, -0.15) is 0 Å². The van der Waals surface area contributed by atoms with E-state index in [1.807, 2.05) is 0 Å². The molecule has 18 heavy (non-hydrogen) atoms. The minimum atomic E-state index is -0.421. The SMILES string of the molecule is CC1CCCC(OCc2ccoc2C(=O)NN)C1. The van der Waals surface area contributed by atoms with Crippen LogP contribution >= 0.6 is 0 Å². The smallest absolute Gasteiger partial charge is 0.301 e. The average Bonchev–Trinajstić information content (AvgIpc) is 2.84. The lowest BCUT2D eigenvalue weighted by Gasteiger charge is -2.26. The van der Waals surface area contributed by atoms with Gasteiger partial charge >= 0.3 is 5.91 Å². The van der Waals surface area contributed by atoms with Gasteiger partial charge in [-0.15, -0.1) is 0 Å². The van der Waals surface area contributed by atoms with Crippen molar-refractivity contribution in [1.82, 2.24) is 5.43 Å². The molecule has 0 aliphatic heterocycles. The summed E-state index contributed by atoms with van der Waals surface area (Å²) >= 11 is 0. The first-order valence-corrected chi connectivity index (χ1v) is 6.39. The minimum absolute atomic E-state index is 0.237. The van der Waals surface area contributed by atoms with Gasteiger partial charge in [0.1, 0.15) is 0 Å². The van der Waals surface area contributed by atoms with Crippen LogP contribution in [0.3, 0.4) is 0 Å². The van der Waals surface area contributed by atoms with Gasteiger partial charge in [0, 0.05) is 5.56 Å². The van der Waals surface area contributed by atoms with Gasteiger partial charge in [0.15, 0.2) is 5.76 Å². The third-order valence-electron chi connectivity index (χ3n) is 3.45. The standard InChI is InChI=1S/C13H20N2O3/c1-9-3-2-4-11(7-9)18-8-10-5-6-17-12(10)13(16)15-14/h5-6,9,11H,2-4,7-8,14H2,1H3,(H,15,16). The number of carbonyl (C=O) groups is 1. The van der Waals surface area contributed by atoms with E-state index in [4.69, 9.17) is 15.0 Å². The van der Waals surface area contributed by atoms with Gasteiger partial charge in [-0.05, 0) is 24.8 Å². The van der Waals surface area contributed by atoms with Crippen LogP contribution in [0.2, 0.25) is 0 Å². The van der Waals surface area contributed by atoms with Gasteiger partial charge in [0.2, 0.25) is 0 Å². The number of furan rings is 1. The zero-order valence-corrected chi connectivity index (χ0v) is 10.6. The van der Waals surface area contributed by atoms with Crippen LogP contribution in [0.25, 0.3) is 0 Å². The first-order valence-electron chi connectivity index (χ1n) is 6.39. The maximum atomic E-state index is 11.4. The summed E-state index contributed by atoms with van der Waals surface area (Å²) in [6.45, 7) is 2.65. The fourth-order valence-electron chi connectivity index (χ4n) is 2.45. The number of hydrogen-bond acceptors (Lipinski definition) is 4. The van der Waals surface area contributed by atoms with Gasteiger partial charge in [0.05, 0.1) is 19.0 Å². The van der Waals surface area contributed by atoms with E-state index in [0.29, 0.717) is 6.61 Å². The van der Waals surface area contributed by atoms with Crippen LogP contribution in [0, 0.1) is 5.92 Å². The summed E-state index contributed by atoms with van der Waals surface area (Å²) in [5.41, 5.74) is 2.81. The highest BCUT2D eigenvalue weighted by atomic mass is 16.5. The molecule has 0 bridgehead atoms. The lowest BCUT2D eigenvalue weighted by Crippen LogP contribution is -2.30. The Kier molecular flexibility index (Phi) is 4.38. The molecule has 5 heteroatoms. The number of rotatable bonds is 4. The molecule has 0 radical (unpaired) electrons. The second-order valence-corrected chi connectivity index (χ2v) is 4.95. The number of nitrogens with one attached hydrogen (secondary N) is 1. The van der Waals surface area contributed by atoms with Gasteiger partial charge in [0.25, 0.3) is 0 Å². The van der Waals surface area contributed by atoms with E-state index in [9.17, 15) is 4.79 Å². The molecule has 0 spiro atoms. The molecule has 1 aliphatic rings. The monoisotopic (exact) mass is 252 g/mol. The van der Waals surface area contributed by atoms with Crippen LogP contribution in [-0.4, -0.2) is 12.0 Å². The Bertz CT molecular complexity index is 403. The molecule has 1 heterocycles. The van der Waals surface area contributed by atoms with Crippen molar-refractivity contribution in [3.63, 3.8) is 0 Å². The molecule has 2 rings (SSSR count). The molecule has 0 aromatic carbocycles. The predicted octanol–water partition coefficient (Wildman–Crippen LogP) is 1.98. The van der Waals surface area contributed by atoms with E-state index >= 15 is 0 Å². The van der Waals surface area contributed by atoms with E-state index in [1.165, 1.54) is 19.1 Å². The molecular formula is C13H20N2O3. The maximum Gasteiger partial charge on any atom is 0.301 e. The first-order chi connectivity index (χ1) is 8.70. The number of carbonyl (C=O) groups excluding carboxylic acids is 1. The fraction of sp³-hybridized carbons (Fsp3) is 0.615. The van der Waals surface area contributed by atoms with Crippen molar-refractivity contribution >= 4 is 5.91 Å². The molecule has 1 aliphatic carbocycles. The Morgan fingerprint density at radius 2 is 2.44 bits per heavy atom. The molecule has 0 saturated heterocycles. The molecule has 2 unspecified atom stereocenters. The van der Waals surface area contributed by atoms with Crippen molar-refractivity contribution in [2.75, 3.05) is 0 Å². The predicted molar refractivity (Wildman–Crippen MR) is 66.6 cm³/mol. The highest BCUT2D eigenvalue weighted by molar-refractivity contribution is 5.92. The van der Waals surface area contributed by atoms with Crippen molar-refractivity contribution < 1.29 is 13.9 Å². The third kappa shape index (κ3) is 3.11. The third-order valence-corrected chi connectivity index (χ3v) is 3.45. The summed E-state index contributed by atoms with van der Waals surface area (Å²) in [6.07, 6.45) is 6.46. The normalized spacial score (nSPS) is 23.9. The first kappa shape index (κ1) is 13.1. The van der Waals surface area contributed by atoms with E-state index < -0.39 is 5.91 Å². The number of nitrogen functional groups attached to an aromatic ring is 1. The van der Waals surface area contributed by atoms with Crippen LogP contribution in [0.15, 0.2) is 16.7 Å². The zero-order chi connectivity index (χ0) is 13.0. The molecule has 1 fully saturated rings. The fourth-order valence-corrected chi connectivity index (χ4v) is 2.45. The highest BCUT2D eigenvalue weighted by Crippen LogP contribution is 2.26. The zero-order valence-electron chi connectivity index (χ0n) is 10.6. The summed E-state index contributed by atoms with van der Waals surface area (Å²) in [4.78, 5) is 11.4. The summed E-state index contributed by atoms with van der Waals surface area (Å²) in [7, 11) is 0. The topological polar surface area (TPSA) is 77.5 Å². The minimum Gasteiger partial charge on any atom is -0.459 e. The molecule has 100 valence electrons. The molecule has 1 amide bonds. The average molecular weight is 252 g/mol. The summed E-state index contributed by atoms with van der Waals surface area (Å²) in [5, 5.41) is 0. The number of amides is 1. The largest absolute Gasteiger partial charge is 0.459 e.